The quantitative estimate of drug-likeness (QED) is 0.354. The highest BCUT2D eigenvalue weighted by Crippen LogP contribution is 2.31. The maximum absolute atomic E-state index is 12.9. The number of carbonyl (C=O) groups excluding carboxylic acids is 1. The van der Waals surface area contributed by atoms with Crippen molar-refractivity contribution in [3.05, 3.63) is 76.3 Å². The third-order valence-corrected chi connectivity index (χ3v) is 5.18. The van der Waals surface area contributed by atoms with Crippen LogP contribution in [0.1, 0.15) is 23.0 Å². The van der Waals surface area contributed by atoms with Gasteiger partial charge in [-0.1, -0.05) is 0 Å². The van der Waals surface area contributed by atoms with Crippen molar-refractivity contribution in [2.75, 3.05) is 14.2 Å². The highest BCUT2D eigenvalue weighted by molar-refractivity contribution is 5.97. The van der Waals surface area contributed by atoms with Crippen LogP contribution in [-0.2, 0) is 0 Å². The van der Waals surface area contributed by atoms with Crippen LogP contribution >= 0.6 is 0 Å². The van der Waals surface area contributed by atoms with E-state index in [4.69, 9.17) is 13.9 Å². The number of Topliss-reactive ketones (excluding diaryl/α,β-unsaturated/α-hetero) is 1. The summed E-state index contributed by atoms with van der Waals surface area (Å²) in [5, 5.41) is 0.759. The highest BCUT2D eigenvalue weighted by atomic mass is 16.5. The minimum atomic E-state index is -0.488. The lowest BCUT2D eigenvalue weighted by Crippen LogP contribution is -2.07. The number of nitrogens with zero attached hydrogens (tertiary/aromatic N) is 1. The first kappa shape index (κ1) is 19.5. The first-order chi connectivity index (χ1) is 14.4. The highest BCUT2D eigenvalue weighted by Gasteiger charge is 2.20. The molecule has 0 N–H and O–H groups in total. The summed E-state index contributed by atoms with van der Waals surface area (Å²) in [6.45, 7) is 3.37. The van der Waals surface area contributed by atoms with Crippen LogP contribution in [-0.4, -0.2) is 24.6 Å². The predicted molar refractivity (Wildman–Crippen MR) is 115 cm³/mol. The van der Waals surface area contributed by atoms with Gasteiger partial charge in [-0.2, -0.15) is 0 Å². The molecule has 4 rings (SSSR count). The second-order valence-corrected chi connectivity index (χ2v) is 6.97. The SMILES string of the molecule is COc1ccc(-n2c(-c3cc4ccc(OC)cc4oc3=O)cc(C(C)=O)c2C)cc1. The van der Waals surface area contributed by atoms with Crippen LogP contribution in [0.2, 0.25) is 0 Å². The molecular weight excluding hydrogens is 382 g/mol. The van der Waals surface area contributed by atoms with Crippen LogP contribution in [0.5, 0.6) is 11.5 Å². The van der Waals surface area contributed by atoms with Crippen molar-refractivity contribution in [3.8, 4) is 28.4 Å². The fourth-order valence-corrected chi connectivity index (χ4v) is 3.62. The molecule has 2 aromatic carbocycles. The van der Waals surface area contributed by atoms with Crippen molar-refractivity contribution in [2.45, 2.75) is 13.8 Å². The normalized spacial score (nSPS) is 10.9. The molecule has 4 aromatic rings. The van der Waals surface area contributed by atoms with Crippen molar-refractivity contribution < 1.29 is 18.7 Å². The van der Waals surface area contributed by atoms with Crippen LogP contribution in [0.25, 0.3) is 27.9 Å². The Kier molecular flexibility index (Phi) is 4.91. The molecule has 2 aromatic heterocycles. The first-order valence-electron chi connectivity index (χ1n) is 9.43. The molecule has 0 amide bonds. The van der Waals surface area contributed by atoms with Gasteiger partial charge >= 0.3 is 5.63 Å². The largest absolute Gasteiger partial charge is 0.497 e. The molecule has 6 heteroatoms. The molecule has 30 heavy (non-hydrogen) atoms. The van der Waals surface area contributed by atoms with Crippen LogP contribution in [0.15, 0.2) is 63.8 Å². The lowest BCUT2D eigenvalue weighted by atomic mass is 10.1. The summed E-state index contributed by atoms with van der Waals surface area (Å²) in [7, 11) is 3.16. The van der Waals surface area contributed by atoms with Crippen LogP contribution in [0.4, 0.5) is 0 Å². The van der Waals surface area contributed by atoms with E-state index in [2.05, 4.69) is 0 Å². The van der Waals surface area contributed by atoms with Gasteiger partial charge in [0.05, 0.1) is 25.5 Å². The smallest absolute Gasteiger partial charge is 0.345 e. The zero-order valence-electron chi connectivity index (χ0n) is 17.2. The number of aromatic nitrogens is 1. The number of hydrogen-bond acceptors (Lipinski definition) is 5. The fourth-order valence-electron chi connectivity index (χ4n) is 3.62. The Morgan fingerprint density at radius 1 is 0.933 bits per heavy atom. The maximum atomic E-state index is 12.9. The summed E-state index contributed by atoms with van der Waals surface area (Å²) in [5.41, 5.74) is 3.03. The minimum absolute atomic E-state index is 0.0732. The number of benzene rings is 2. The molecule has 0 aliphatic carbocycles. The summed E-state index contributed by atoms with van der Waals surface area (Å²) in [6.07, 6.45) is 0. The molecule has 0 bridgehead atoms. The molecule has 0 saturated heterocycles. The molecule has 152 valence electrons. The van der Waals surface area contributed by atoms with Crippen LogP contribution in [0.3, 0.4) is 0 Å². The number of methoxy groups -OCH3 is 2. The lowest BCUT2D eigenvalue weighted by Gasteiger charge is -2.13. The third-order valence-electron chi connectivity index (χ3n) is 5.18. The second kappa shape index (κ2) is 7.55. The Balaban J connectivity index is 1.98. The standard InChI is InChI=1S/C24H21NO5/c1-14-20(15(2)26)13-22(25(14)17-6-9-18(28-3)10-7-17)21-11-16-5-8-19(29-4)12-23(16)30-24(21)27/h5-13H,1-4H3. The van der Waals surface area contributed by atoms with Crippen molar-refractivity contribution in [1.29, 1.82) is 0 Å². The molecule has 0 aliphatic heterocycles. The van der Waals surface area contributed by atoms with Crippen LogP contribution in [0, 0.1) is 6.92 Å². The van der Waals surface area contributed by atoms with Crippen molar-refractivity contribution >= 4 is 16.8 Å². The monoisotopic (exact) mass is 403 g/mol. The molecule has 6 nitrogen and oxygen atoms in total. The van der Waals surface area contributed by atoms with Gasteiger partial charge in [-0.05, 0) is 62.4 Å². The molecule has 0 unspecified atom stereocenters. The second-order valence-electron chi connectivity index (χ2n) is 6.97. The van der Waals surface area contributed by atoms with E-state index in [-0.39, 0.29) is 5.78 Å². The Morgan fingerprint density at radius 2 is 1.60 bits per heavy atom. The fraction of sp³-hybridized carbons (Fsp3) is 0.167. The van der Waals surface area contributed by atoms with Gasteiger partial charge in [0.15, 0.2) is 5.78 Å². The van der Waals surface area contributed by atoms with E-state index in [0.717, 1.165) is 22.5 Å². The van der Waals surface area contributed by atoms with E-state index in [0.29, 0.717) is 28.2 Å². The van der Waals surface area contributed by atoms with E-state index in [1.165, 1.54) is 6.92 Å². The maximum Gasteiger partial charge on any atom is 0.345 e. The molecule has 0 saturated carbocycles. The number of hydrogen-bond donors (Lipinski definition) is 0. The molecule has 0 aliphatic rings. The van der Waals surface area contributed by atoms with Gasteiger partial charge in [-0.15, -0.1) is 0 Å². The predicted octanol–water partition coefficient (Wildman–Crippen LogP) is 4.78. The zero-order chi connectivity index (χ0) is 21.4. The minimum Gasteiger partial charge on any atom is -0.497 e. The van der Waals surface area contributed by atoms with Crippen molar-refractivity contribution in [3.63, 3.8) is 0 Å². The summed E-state index contributed by atoms with van der Waals surface area (Å²) in [6, 6.07) is 16.3. The number of fused-ring (bicyclic) bond motifs is 1. The zero-order valence-corrected chi connectivity index (χ0v) is 17.2. The van der Waals surface area contributed by atoms with E-state index >= 15 is 0 Å². The van der Waals surface area contributed by atoms with Gasteiger partial charge in [-0.25, -0.2) is 4.79 Å². The summed E-state index contributed by atoms with van der Waals surface area (Å²) < 4.78 is 17.9. The number of ketones is 1. The van der Waals surface area contributed by atoms with Gasteiger partial charge in [-0.3, -0.25) is 4.79 Å². The average Bonchev–Trinajstić information content (AvgIpc) is 3.10. The number of rotatable bonds is 5. The van der Waals surface area contributed by atoms with Gasteiger partial charge in [0, 0.05) is 28.4 Å². The summed E-state index contributed by atoms with van der Waals surface area (Å²) in [5.74, 6) is 1.25. The number of carbonyl (C=O) groups is 1. The first-order valence-corrected chi connectivity index (χ1v) is 9.43. The Bertz CT molecular complexity index is 1310. The van der Waals surface area contributed by atoms with E-state index in [1.807, 2.05) is 41.8 Å². The Morgan fingerprint density at radius 3 is 2.23 bits per heavy atom. The molecule has 0 atom stereocenters. The Labute approximate surface area is 173 Å². The van der Waals surface area contributed by atoms with Crippen LogP contribution < -0.4 is 15.1 Å². The van der Waals surface area contributed by atoms with Gasteiger partial charge in [0.2, 0.25) is 0 Å². The van der Waals surface area contributed by atoms with E-state index < -0.39 is 5.63 Å². The third kappa shape index (κ3) is 3.26. The van der Waals surface area contributed by atoms with Gasteiger partial charge in [0.1, 0.15) is 17.1 Å². The van der Waals surface area contributed by atoms with Gasteiger partial charge < -0.3 is 18.5 Å². The molecule has 0 fully saturated rings. The summed E-state index contributed by atoms with van der Waals surface area (Å²) >= 11 is 0. The van der Waals surface area contributed by atoms with Crippen molar-refractivity contribution in [2.24, 2.45) is 0 Å². The Hall–Kier alpha value is -3.80. The molecular formula is C24H21NO5. The van der Waals surface area contributed by atoms with Crippen molar-refractivity contribution in [1.82, 2.24) is 4.57 Å². The van der Waals surface area contributed by atoms with Gasteiger partial charge in [0.25, 0.3) is 0 Å². The average molecular weight is 403 g/mol. The summed E-state index contributed by atoms with van der Waals surface area (Å²) in [4.78, 5) is 25.1. The molecule has 0 radical (unpaired) electrons. The molecule has 2 heterocycles. The number of ether oxygens (including phenoxy) is 2. The molecule has 0 spiro atoms. The van der Waals surface area contributed by atoms with E-state index in [1.54, 1.807) is 38.5 Å². The van der Waals surface area contributed by atoms with E-state index in [9.17, 15) is 9.59 Å². The topological polar surface area (TPSA) is 70.7 Å². The lowest BCUT2D eigenvalue weighted by molar-refractivity contribution is 0.101.